The monoisotopic (exact) mass is 230 g/mol. The third-order valence-corrected chi connectivity index (χ3v) is 4.56. The molecule has 92 valence electrons. The SMILES string of the molecule is CC(C)C1CC2(CCCC2)Oc2ccccc21. The first-order valence-corrected chi connectivity index (χ1v) is 6.98. The normalized spacial score (nSPS) is 25.9. The van der Waals surface area contributed by atoms with Gasteiger partial charge in [-0.3, -0.25) is 0 Å². The van der Waals surface area contributed by atoms with E-state index in [1.165, 1.54) is 37.7 Å². The Bertz CT molecular complexity index is 402. The van der Waals surface area contributed by atoms with Crippen LogP contribution in [-0.4, -0.2) is 5.60 Å². The van der Waals surface area contributed by atoms with Gasteiger partial charge in [0, 0.05) is 0 Å². The Balaban J connectivity index is 2.00. The molecule has 0 N–H and O–H groups in total. The van der Waals surface area contributed by atoms with E-state index in [1.54, 1.807) is 0 Å². The maximum absolute atomic E-state index is 6.36. The fraction of sp³-hybridized carbons (Fsp3) is 0.625. The number of para-hydroxylation sites is 1. The first-order chi connectivity index (χ1) is 8.20. The summed E-state index contributed by atoms with van der Waals surface area (Å²) >= 11 is 0. The number of hydrogen-bond acceptors (Lipinski definition) is 1. The molecular weight excluding hydrogens is 208 g/mol. The van der Waals surface area contributed by atoms with E-state index in [4.69, 9.17) is 4.74 Å². The van der Waals surface area contributed by atoms with Gasteiger partial charge in [0.1, 0.15) is 11.4 Å². The number of ether oxygens (including phenoxy) is 1. The van der Waals surface area contributed by atoms with Crippen molar-refractivity contribution in [3.63, 3.8) is 0 Å². The van der Waals surface area contributed by atoms with Crippen LogP contribution in [0.5, 0.6) is 5.75 Å². The largest absolute Gasteiger partial charge is 0.487 e. The van der Waals surface area contributed by atoms with Crippen LogP contribution in [-0.2, 0) is 0 Å². The molecule has 1 aliphatic heterocycles. The zero-order valence-corrected chi connectivity index (χ0v) is 10.9. The summed E-state index contributed by atoms with van der Waals surface area (Å²) in [4.78, 5) is 0. The molecule has 1 saturated carbocycles. The standard InChI is InChI=1S/C16H22O/c1-12(2)14-11-16(9-5-6-10-16)17-15-8-4-3-7-13(14)15/h3-4,7-8,12,14H,5-6,9-11H2,1-2H3. The lowest BCUT2D eigenvalue weighted by molar-refractivity contribution is 0.0350. The summed E-state index contributed by atoms with van der Waals surface area (Å²) < 4.78 is 6.36. The third kappa shape index (κ3) is 1.86. The molecule has 3 rings (SSSR count). The van der Waals surface area contributed by atoms with Crippen LogP contribution in [0.4, 0.5) is 0 Å². The van der Waals surface area contributed by atoms with Gasteiger partial charge in [0.25, 0.3) is 0 Å². The lowest BCUT2D eigenvalue weighted by Gasteiger charge is -2.41. The quantitative estimate of drug-likeness (QED) is 0.689. The molecule has 0 radical (unpaired) electrons. The highest BCUT2D eigenvalue weighted by Crippen LogP contribution is 2.49. The highest BCUT2D eigenvalue weighted by Gasteiger charge is 2.43. The molecule has 0 saturated heterocycles. The van der Waals surface area contributed by atoms with Crippen molar-refractivity contribution in [2.45, 2.75) is 57.5 Å². The molecule has 0 aromatic heterocycles. The summed E-state index contributed by atoms with van der Waals surface area (Å²) in [6.45, 7) is 4.69. The number of fused-ring (bicyclic) bond motifs is 1. The molecule has 17 heavy (non-hydrogen) atoms. The van der Waals surface area contributed by atoms with Crippen molar-refractivity contribution >= 4 is 0 Å². The van der Waals surface area contributed by atoms with Crippen molar-refractivity contribution in [1.82, 2.24) is 0 Å². The van der Waals surface area contributed by atoms with Crippen molar-refractivity contribution in [2.75, 3.05) is 0 Å². The second-order valence-electron chi connectivity index (χ2n) is 6.08. The fourth-order valence-corrected chi connectivity index (χ4v) is 3.59. The van der Waals surface area contributed by atoms with E-state index in [9.17, 15) is 0 Å². The topological polar surface area (TPSA) is 9.23 Å². The molecule has 1 aromatic carbocycles. The minimum absolute atomic E-state index is 0.170. The van der Waals surface area contributed by atoms with Crippen molar-refractivity contribution < 1.29 is 4.74 Å². The minimum atomic E-state index is 0.170. The summed E-state index contributed by atoms with van der Waals surface area (Å²) in [7, 11) is 0. The molecule has 1 nitrogen and oxygen atoms in total. The predicted molar refractivity (Wildman–Crippen MR) is 70.5 cm³/mol. The van der Waals surface area contributed by atoms with Gasteiger partial charge in [0.2, 0.25) is 0 Å². The molecule has 1 fully saturated rings. The fourth-order valence-electron chi connectivity index (χ4n) is 3.59. The summed E-state index contributed by atoms with van der Waals surface area (Å²) in [5.74, 6) is 2.54. The number of benzene rings is 1. The van der Waals surface area contributed by atoms with Gasteiger partial charge in [-0.25, -0.2) is 0 Å². The van der Waals surface area contributed by atoms with E-state index in [0.717, 1.165) is 5.75 Å². The van der Waals surface area contributed by atoms with Crippen LogP contribution in [0, 0.1) is 5.92 Å². The van der Waals surface area contributed by atoms with E-state index in [-0.39, 0.29) is 5.60 Å². The van der Waals surface area contributed by atoms with Gasteiger partial charge in [0.05, 0.1) is 0 Å². The van der Waals surface area contributed by atoms with E-state index in [2.05, 4.69) is 38.1 Å². The lowest BCUT2D eigenvalue weighted by atomic mass is 9.76. The maximum Gasteiger partial charge on any atom is 0.123 e. The van der Waals surface area contributed by atoms with Gasteiger partial charge in [-0.15, -0.1) is 0 Å². The average Bonchev–Trinajstić information content (AvgIpc) is 2.76. The Hall–Kier alpha value is -0.980. The number of rotatable bonds is 1. The molecule has 1 heteroatoms. The third-order valence-electron chi connectivity index (χ3n) is 4.56. The molecule has 1 spiro atoms. The van der Waals surface area contributed by atoms with Crippen LogP contribution in [0.25, 0.3) is 0 Å². The van der Waals surface area contributed by atoms with Crippen LogP contribution in [0.15, 0.2) is 24.3 Å². The van der Waals surface area contributed by atoms with Crippen molar-refractivity contribution in [3.05, 3.63) is 29.8 Å². The average molecular weight is 230 g/mol. The predicted octanol–water partition coefficient (Wildman–Crippen LogP) is 4.52. The number of hydrogen-bond donors (Lipinski definition) is 0. The Morgan fingerprint density at radius 1 is 1.18 bits per heavy atom. The van der Waals surface area contributed by atoms with Gasteiger partial charge in [-0.1, -0.05) is 32.0 Å². The molecule has 0 amide bonds. The second-order valence-corrected chi connectivity index (χ2v) is 6.08. The van der Waals surface area contributed by atoms with Gasteiger partial charge >= 0.3 is 0 Å². The molecule has 1 heterocycles. The molecule has 2 aliphatic rings. The highest BCUT2D eigenvalue weighted by atomic mass is 16.5. The molecule has 1 aromatic rings. The van der Waals surface area contributed by atoms with E-state index >= 15 is 0 Å². The Morgan fingerprint density at radius 2 is 1.88 bits per heavy atom. The first kappa shape index (κ1) is 11.1. The van der Waals surface area contributed by atoms with Crippen molar-refractivity contribution in [2.24, 2.45) is 5.92 Å². The smallest absolute Gasteiger partial charge is 0.123 e. The van der Waals surface area contributed by atoms with Crippen molar-refractivity contribution in [1.29, 1.82) is 0 Å². The highest BCUT2D eigenvalue weighted by molar-refractivity contribution is 5.39. The Labute approximate surface area is 104 Å². The molecular formula is C16H22O. The van der Waals surface area contributed by atoms with Gasteiger partial charge in [-0.05, 0) is 55.6 Å². The van der Waals surface area contributed by atoms with Crippen LogP contribution >= 0.6 is 0 Å². The summed E-state index contributed by atoms with van der Waals surface area (Å²) in [5.41, 5.74) is 1.60. The zero-order valence-electron chi connectivity index (χ0n) is 10.9. The van der Waals surface area contributed by atoms with Crippen LogP contribution < -0.4 is 4.74 Å². The van der Waals surface area contributed by atoms with Crippen LogP contribution in [0.2, 0.25) is 0 Å². The van der Waals surface area contributed by atoms with Crippen LogP contribution in [0.3, 0.4) is 0 Å². The summed E-state index contributed by atoms with van der Waals surface area (Å²) in [5, 5.41) is 0. The Morgan fingerprint density at radius 3 is 2.59 bits per heavy atom. The molecule has 1 atom stereocenters. The summed E-state index contributed by atoms with van der Waals surface area (Å²) in [6, 6.07) is 8.65. The van der Waals surface area contributed by atoms with Gasteiger partial charge in [-0.2, -0.15) is 0 Å². The first-order valence-electron chi connectivity index (χ1n) is 6.98. The lowest BCUT2D eigenvalue weighted by Crippen LogP contribution is -2.39. The zero-order chi connectivity index (χ0) is 11.9. The minimum Gasteiger partial charge on any atom is -0.487 e. The van der Waals surface area contributed by atoms with Gasteiger partial charge in [0.15, 0.2) is 0 Å². The summed E-state index contributed by atoms with van der Waals surface area (Å²) in [6.07, 6.45) is 6.41. The second kappa shape index (κ2) is 4.04. The molecule has 0 bridgehead atoms. The van der Waals surface area contributed by atoms with E-state index < -0.39 is 0 Å². The van der Waals surface area contributed by atoms with Crippen LogP contribution in [0.1, 0.15) is 57.4 Å². The maximum atomic E-state index is 6.36. The molecule has 1 unspecified atom stereocenters. The van der Waals surface area contributed by atoms with Gasteiger partial charge < -0.3 is 4.74 Å². The van der Waals surface area contributed by atoms with E-state index in [1.807, 2.05) is 0 Å². The Kier molecular flexibility index (Phi) is 2.65. The van der Waals surface area contributed by atoms with Crippen molar-refractivity contribution in [3.8, 4) is 5.75 Å². The molecule has 1 aliphatic carbocycles. The van der Waals surface area contributed by atoms with E-state index in [0.29, 0.717) is 11.8 Å².